The highest BCUT2D eigenvalue weighted by atomic mass is 32.2. The van der Waals surface area contributed by atoms with Gasteiger partial charge in [0, 0.05) is 12.1 Å². The SMILES string of the molecule is O=C(CC1SC(=O)NC1=O)Nc1cc(C(=O)O)cc(C(=O)O)c1. The Hall–Kier alpha value is -2.88. The second-order valence-corrected chi connectivity index (χ2v) is 5.72. The molecule has 2 rings (SSSR count). The normalized spacial score (nSPS) is 16.8. The van der Waals surface area contributed by atoms with Gasteiger partial charge in [-0.05, 0) is 18.2 Å². The highest BCUT2D eigenvalue weighted by Gasteiger charge is 2.33. The minimum absolute atomic E-state index is 0.0259. The molecule has 0 radical (unpaired) electrons. The van der Waals surface area contributed by atoms with Gasteiger partial charge in [-0.1, -0.05) is 11.8 Å². The summed E-state index contributed by atoms with van der Waals surface area (Å²) in [7, 11) is 0. The van der Waals surface area contributed by atoms with Crippen LogP contribution in [-0.2, 0) is 9.59 Å². The van der Waals surface area contributed by atoms with Crippen LogP contribution >= 0.6 is 11.8 Å². The zero-order chi connectivity index (χ0) is 17.1. The lowest BCUT2D eigenvalue weighted by atomic mass is 10.1. The number of anilines is 1. The molecule has 1 heterocycles. The van der Waals surface area contributed by atoms with Gasteiger partial charge < -0.3 is 15.5 Å². The van der Waals surface area contributed by atoms with E-state index in [1.165, 1.54) is 0 Å². The Balaban J connectivity index is 2.14. The first-order valence-electron chi connectivity index (χ1n) is 6.19. The summed E-state index contributed by atoms with van der Waals surface area (Å²) in [5.41, 5.74) is -0.631. The van der Waals surface area contributed by atoms with Crippen LogP contribution in [0, 0.1) is 0 Å². The van der Waals surface area contributed by atoms with Crippen LogP contribution in [-0.4, -0.2) is 44.5 Å². The summed E-state index contributed by atoms with van der Waals surface area (Å²) in [6.07, 6.45) is -0.304. The summed E-state index contributed by atoms with van der Waals surface area (Å²) >= 11 is 0.680. The highest BCUT2D eigenvalue weighted by Crippen LogP contribution is 2.23. The minimum atomic E-state index is -1.35. The third-order valence-electron chi connectivity index (χ3n) is 2.85. The largest absolute Gasteiger partial charge is 0.478 e. The van der Waals surface area contributed by atoms with Crippen LogP contribution in [0.2, 0.25) is 0 Å². The first kappa shape index (κ1) is 16.5. The molecule has 3 amide bonds. The van der Waals surface area contributed by atoms with Crippen molar-refractivity contribution in [2.24, 2.45) is 0 Å². The molecule has 23 heavy (non-hydrogen) atoms. The lowest BCUT2D eigenvalue weighted by Gasteiger charge is -2.09. The van der Waals surface area contributed by atoms with Crippen LogP contribution in [0.5, 0.6) is 0 Å². The number of hydrogen-bond donors (Lipinski definition) is 4. The van der Waals surface area contributed by atoms with Crippen molar-refractivity contribution in [3.05, 3.63) is 29.3 Å². The molecule has 120 valence electrons. The molecule has 1 saturated heterocycles. The van der Waals surface area contributed by atoms with Gasteiger partial charge in [-0.25, -0.2) is 9.59 Å². The van der Waals surface area contributed by atoms with Gasteiger partial charge in [-0.2, -0.15) is 0 Å². The number of thioether (sulfide) groups is 1. The van der Waals surface area contributed by atoms with Crippen LogP contribution in [0.1, 0.15) is 27.1 Å². The second kappa shape index (κ2) is 6.48. The molecule has 0 spiro atoms. The van der Waals surface area contributed by atoms with E-state index in [9.17, 15) is 24.0 Å². The Labute approximate surface area is 133 Å². The van der Waals surface area contributed by atoms with Gasteiger partial charge in [-0.3, -0.25) is 19.7 Å². The van der Waals surface area contributed by atoms with E-state index in [4.69, 9.17) is 10.2 Å². The molecule has 1 atom stereocenters. The van der Waals surface area contributed by atoms with Crippen LogP contribution in [0.4, 0.5) is 10.5 Å². The lowest BCUT2D eigenvalue weighted by Crippen LogP contribution is -2.27. The fraction of sp³-hybridized carbons (Fsp3) is 0.154. The van der Waals surface area contributed by atoms with Crippen molar-refractivity contribution in [1.29, 1.82) is 0 Å². The van der Waals surface area contributed by atoms with Crippen molar-refractivity contribution in [3.8, 4) is 0 Å². The number of rotatable bonds is 5. The fourth-order valence-electron chi connectivity index (χ4n) is 1.85. The van der Waals surface area contributed by atoms with Crippen LogP contribution in [0.25, 0.3) is 0 Å². The van der Waals surface area contributed by atoms with Gasteiger partial charge in [0.25, 0.3) is 5.24 Å². The predicted octanol–water partition coefficient (Wildman–Crippen LogP) is 0.763. The van der Waals surface area contributed by atoms with Crippen LogP contribution < -0.4 is 10.6 Å². The Kier molecular flexibility index (Phi) is 4.65. The van der Waals surface area contributed by atoms with Crippen molar-refractivity contribution in [3.63, 3.8) is 0 Å². The van der Waals surface area contributed by atoms with E-state index < -0.39 is 34.2 Å². The second-order valence-electron chi connectivity index (χ2n) is 4.54. The van der Waals surface area contributed by atoms with Crippen molar-refractivity contribution < 1.29 is 34.2 Å². The first-order chi connectivity index (χ1) is 10.8. The summed E-state index contributed by atoms with van der Waals surface area (Å²) in [6.45, 7) is 0. The Morgan fingerprint density at radius 2 is 1.65 bits per heavy atom. The van der Waals surface area contributed by atoms with Gasteiger partial charge in [0.15, 0.2) is 0 Å². The molecule has 4 N–H and O–H groups in total. The topological polar surface area (TPSA) is 150 Å². The molecule has 9 nitrogen and oxygen atoms in total. The summed E-state index contributed by atoms with van der Waals surface area (Å²) in [5, 5.41) is 20.8. The maximum Gasteiger partial charge on any atom is 0.335 e. The number of aromatic carboxylic acids is 2. The number of hydrogen-bond acceptors (Lipinski definition) is 6. The highest BCUT2D eigenvalue weighted by molar-refractivity contribution is 8.15. The average molecular weight is 338 g/mol. The van der Waals surface area contributed by atoms with E-state index in [1.54, 1.807) is 0 Å². The van der Waals surface area contributed by atoms with Gasteiger partial charge >= 0.3 is 11.9 Å². The number of imide groups is 1. The quantitative estimate of drug-likeness (QED) is 0.614. The molecule has 1 aromatic rings. The third kappa shape index (κ3) is 4.07. The van der Waals surface area contributed by atoms with Crippen molar-refractivity contribution in [1.82, 2.24) is 5.32 Å². The van der Waals surface area contributed by atoms with E-state index in [0.717, 1.165) is 18.2 Å². The summed E-state index contributed by atoms with van der Waals surface area (Å²) < 4.78 is 0. The molecule has 0 aromatic heterocycles. The van der Waals surface area contributed by atoms with Gasteiger partial charge in [0.1, 0.15) is 5.25 Å². The number of amides is 3. The minimum Gasteiger partial charge on any atom is -0.478 e. The van der Waals surface area contributed by atoms with Gasteiger partial charge in [0.2, 0.25) is 11.8 Å². The van der Waals surface area contributed by atoms with E-state index >= 15 is 0 Å². The molecule has 1 aliphatic rings. The van der Waals surface area contributed by atoms with Crippen LogP contribution in [0.15, 0.2) is 18.2 Å². The predicted molar refractivity (Wildman–Crippen MR) is 78.5 cm³/mol. The molecule has 10 heteroatoms. The zero-order valence-electron chi connectivity index (χ0n) is 11.4. The summed E-state index contributed by atoms with van der Waals surface area (Å²) in [5.74, 6) is -3.92. The number of nitrogens with one attached hydrogen (secondary N) is 2. The van der Waals surface area contributed by atoms with Crippen molar-refractivity contribution in [2.75, 3.05) is 5.32 Å². The molecule has 1 aromatic carbocycles. The molecule has 1 aliphatic heterocycles. The number of carbonyl (C=O) groups is 5. The van der Waals surface area contributed by atoms with Crippen molar-refractivity contribution in [2.45, 2.75) is 11.7 Å². The maximum atomic E-state index is 11.9. The molecule has 0 bridgehead atoms. The molecule has 1 fully saturated rings. The van der Waals surface area contributed by atoms with E-state index in [-0.39, 0.29) is 23.2 Å². The number of carboxylic acid groups (broad SMARTS) is 2. The lowest BCUT2D eigenvalue weighted by molar-refractivity contribution is -0.122. The molecule has 1 unspecified atom stereocenters. The first-order valence-corrected chi connectivity index (χ1v) is 7.07. The van der Waals surface area contributed by atoms with E-state index in [2.05, 4.69) is 5.32 Å². The Morgan fingerprint density at radius 1 is 1.09 bits per heavy atom. The Morgan fingerprint density at radius 3 is 2.09 bits per heavy atom. The summed E-state index contributed by atoms with van der Waals surface area (Å²) in [4.78, 5) is 56.2. The Bertz CT molecular complexity index is 699. The van der Waals surface area contributed by atoms with Crippen molar-refractivity contribution >= 4 is 46.4 Å². The fourth-order valence-corrected chi connectivity index (χ4v) is 2.67. The summed E-state index contributed by atoms with van der Waals surface area (Å²) in [6, 6.07) is 3.15. The number of carbonyl (C=O) groups excluding carboxylic acids is 3. The molecular formula is C13H10N2O7S. The monoisotopic (exact) mass is 338 g/mol. The standard InChI is InChI=1S/C13H10N2O7S/c16-9(4-8-10(17)15-13(22)23-8)14-7-2-5(11(18)19)1-6(3-7)12(20)21/h1-3,8H,4H2,(H,14,16)(H,18,19)(H,20,21)(H,15,17,22). The molecule has 0 aliphatic carbocycles. The molecule has 0 saturated carbocycles. The maximum absolute atomic E-state index is 11.9. The molecular weight excluding hydrogens is 328 g/mol. The van der Waals surface area contributed by atoms with Gasteiger partial charge in [-0.15, -0.1) is 0 Å². The van der Waals surface area contributed by atoms with E-state index in [0.29, 0.717) is 11.8 Å². The van der Waals surface area contributed by atoms with E-state index in [1.807, 2.05) is 5.32 Å². The van der Waals surface area contributed by atoms with Gasteiger partial charge in [0.05, 0.1) is 11.1 Å². The average Bonchev–Trinajstić information content (AvgIpc) is 2.76. The number of carboxylic acids is 2. The number of benzene rings is 1. The smallest absolute Gasteiger partial charge is 0.335 e. The zero-order valence-corrected chi connectivity index (χ0v) is 12.2. The van der Waals surface area contributed by atoms with Crippen LogP contribution in [0.3, 0.4) is 0 Å². The third-order valence-corrected chi connectivity index (χ3v) is 3.83.